The molecule has 2 nitrogen and oxygen atoms in total. The van der Waals surface area contributed by atoms with Crippen molar-refractivity contribution in [3.05, 3.63) is 29.6 Å². The Morgan fingerprint density at radius 2 is 2.06 bits per heavy atom. The highest BCUT2D eigenvalue weighted by Gasteiger charge is 2.37. The van der Waals surface area contributed by atoms with E-state index in [4.69, 9.17) is 4.74 Å². The summed E-state index contributed by atoms with van der Waals surface area (Å²) in [4.78, 5) is 0. The quantitative estimate of drug-likeness (QED) is 0.724. The van der Waals surface area contributed by atoms with Crippen LogP contribution in [0.5, 0.6) is 5.75 Å². The Bertz CT molecular complexity index is 399. The molecule has 0 atom stereocenters. The molecular formula is C13H16FNO. The van der Waals surface area contributed by atoms with Gasteiger partial charge in [0, 0.05) is 5.41 Å². The van der Waals surface area contributed by atoms with Crippen LogP contribution < -0.4 is 10.1 Å². The fraction of sp³-hybridized carbons (Fsp3) is 0.538. The van der Waals surface area contributed by atoms with Crippen molar-refractivity contribution >= 4 is 0 Å². The smallest absolute Gasteiger partial charge is 0.165 e. The Kier molecular flexibility index (Phi) is 2.36. The first-order chi connectivity index (χ1) is 7.79. The van der Waals surface area contributed by atoms with E-state index in [0.717, 1.165) is 37.9 Å². The highest BCUT2D eigenvalue weighted by atomic mass is 19.1. The summed E-state index contributed by atoms with van der Waals surface area (Å²) in [6.45, 7) is 2.77. The van der Waals surface area contributed by atoms with Gasteiger partial charge < -0.3 is 10.1 Å². The number of ether oxygens (including phenoxy) is 1. The Morgan fingerprint density at radius 3 is 2.88 bits per heavy atom. The maximum Gasteiger partial charge on any atom is 0.165 e. The normalized spacial score (nSPS) is 22.6. The van der Waals surface area contributed by atoms with Crippen LogP contribution in [0.2, 0.25) is 0 Å². The van der Waals surface area contributed by atoms with Gasteiger partial charge in [-0.1, -0.05) is 12.1 Å². The minimum absolute atomic E-state index is 0.221. The van der Waals surface area contributed by atoms with Crippen LogP contribution in [-0.2, 0) is 6.42 Å². The number of nitrogens with one attached hydrogen (secondary N) is 1. The van der Waals surface area contributed by atoms with Crippen molar-refractivity contribution < 1.29 is 9.13 Å². The summed E-state index contributed by atoms with van der Waals surface area (Å²) >= 11 is 0. The number of fused-ring (bicyclic) bond motifs is 1. The first-order valence-electron chi connectivity index (χ1n) is 5.90. The van der Waals surface area contributed by atoms with Crippen LogP contribution in [0.4, 0.5) is 4.39 Å². The average molecular weight is 221 g/mol. The maximum absolute atomic E-state index is 13.5. The van der Waals surface area contributed by atoms with E-state index in [9.17, 15) is 4.39 Å². The van der Waals surface area contributed by atoms with E-state index in [1.807, 2.05) is 6.07 Å². The van der Waals surface area contributed by atoms with E-state index in [1.54, 1.807) is 6.07 Å². The molecule has 1 N–H and O–H groups in total. The lowest BCUT2D eigenvalue weighted by Gasteiger charge is -2.41. The number of hydrogen-bond acceptors (Lipinski definition) is 2. The number of piperidine rings is 1. The molecule has 1 saturated heterocycles. The molecule has 1 aromatic carbocycles. The molecule has 86 valence electrons. The third-order valence-corrected chi connectivity index (χ3v) is 3.80. The number of halogens is 1. The average Bonchev–Trinajstić information content (AvgIpc) is 2.30. The lowest BCUT2D eigenvalue weighted by Crippen LogP contribution is -2.44. The number of hydrogen-bond donors (Lipinski definition) is 1. The van der Waals surface area contributed by atoms with Gasteiger partial charge in [0.2, 0.25) is 0 Å². The molecule has 2 heterocycles. The summed E-state index contributed by atoms with van der Waals surface area (Å²) in [5, 5.41) is 3.36. The van der Waals surface area contributed by atoms with Crippen molar-refractivity contribution in [3.8, 4) is 5.75 Å². The Labute approximate surface area is 94.8 Å². The molecule has 0 amide bonds. The molecule has 0 unspecified atom stereocenters. The topological polar surface area (TPSA) is 21.3 Å². The molecule has 0 radical (unpaired) electrons. The second-order valence-electron chi connectivity index (χ2n) is 4.94. The molecule has 2 aliphatic rings. The van der Waals surface area contributed by atoms with Crippen LogP contribution in [-0.4, -0.2) is 19.7 Å². The molecule has 0 saturated carbocycles. The summed E-state index contributed by atoms with van der Waals surface area (Å²) in [5.74, 6) is 0.257. The fourth-order valence-corrected chi connectivity index (χ4v) is 2.81. The van der Waals surface area contributed by atoms with Crippen molar-refractivity contribution in [3.63, 3.8) is 0 Å². The monoisotopic (exact) mass is 221 g/mol. The number of rotatable bonds is 0. The molecule has 2 aliphatic heterocycles. The summed E-state index contributed by atoms with van der Waals surface area (Å²) < 4.78 is 19.1. The van der Waals surface area contributed by atoms with Gasteiger partial charge in [-0.25, -0.2) is 4.39 Å². The van der Waals surface area contributed by atoms with Crippen LogP contribution in [0, 0.1) is 11.2 Å². The van der Waals surface area contributed by atoms with E-state index in [2.05, 4.69) is 5.32 Å². The van der Waals surface area contributed by atoms with Gasteiger partial charge in [0.1, 0.15) is 0 Å². The van der Waals surface area contributed by atoms with Crippen molar-refractivity contribution in [2.75, 3.05) is 19.7 Å². The van der Waals surface area contributed by atoms with Gasteiger partial charge in [0.15, 0.2) is 11.6 Å². The standard InChI is InChI=1S/C13H16FNO/c14-11-3-1-2-10-8-13(9-16-12(10)11)4-6-15-7-5-13/h1-3,15H,4-9H2. The minimum atomic E-state index is -0.221. The van der Waals surface area contributed by atoms with E-state index in [0.29, 0.717) is 12.4 Å². The van der Waals surface area contributed by atoms with Gasteiger partial charge in [-0.3, -0.25) is 0 Å². The van der Waals surface area contributed by atoms with Crippen LogP contribution in [0.1, 0.15) is 18.4 Å². The largest absolute Gasteiger partial charge is 0.490 e. The summed E-state index contributed by atoms with van der Waals surface area (Å²) in [7, 11) is 0. The van der Waals surface area contributed by atoms with Crippen molar-refractivity contribution in [2.45, 2.75) is 19.3 Å². The second kappa shape index (κ2) is 3.74. The lowest BCUT2D eigenvalue weighted by molar-refractivity contribution is 0.0814. The molecule has 1 spiro atoms. The van der Waals surface area contributed by atoms with Gasteiger partial charge in [-0.05, 0) is 44.0 Å². The molecule has 16 heavy (non-hydrogen) atoms. The number of para-hydroxylation sites is 1. The molecule has 3 heteroatoms. The zero-order chi connectivity index (χ0) is 11.0. The number of benzene rings is 1. The van der Waals surface area contributed by atoms with Crippen molar-refractivity contribution in [1.29, 1.82) is 0 Å². The minimum Gasteiger partial charge on any atom is -0.490 e. The first kappa shape index (κ1) is 10.1. The van der Waals surface area contributed by atoms with Crippen LogP contribution in [0.3, 0.4) is 0 Å². The fourth-order valence-electron chi connectivity index (χ4n) is 2.81. The van der Waals surface area contributed by atoms with Crippen molar-refractivity contribution in [1.82, 2.24) is 5.32 Å². The van der Waals surface area contributed by atoms with Gasteiger partial charge in [0.25, 0.3) is 0 Å². The molecule has 1 aromatic rings. The highest BCUT2D eigenvalue weighted by Crippen LogP contribution is 2.41. The molecular weight excluding hydrogens is 205 g/mol. The Hall–Kier alpha value is -1.09. The molecule has 0 aromatic heterocycles. The predicted molar refractivity (Wildman–Crippen MR) is 60.1 cm³/mol. The Morgan fingerprint density at radius 1 is 1.25 bits per heavy atom. The summed E-state index contributed by atoms with van der Waals surface area (Å²) in [6, 6.07) is 5.23. The van der Waals surface area contributed by atoms with E-state index in [-0.39, 0.29) is 11.2 Å². The first-order valence-corrected chi connectivity index (χ1v) is 5.90. The van der Waals surface area contributed by atoms with Crippen molar-refractivity contribution in [2.24, 2.45) is 5.41 Å². The second-order valence-corrected chi connectivity index (χ2v) is 4.94. The van der Waals surface area contributed by atoms with Crippen LogP contribution in [0.25, 0.3) is 0 Å². The predicted octanol–water partition coefficient (Wildman–Crippen LogP) is 2.13. The molecule has 3 rings (SSSR count). The van der Waals surface area contributed by atoms with Crippen LogP contribution >= 0.6 is 0 Å². The molecule has 1 fully saturated rings. The SMILES string of the molecule is Fc1cccc2c1OCC1(CCNCC1)C2. The zero-order valence-corrected chi connectivity index (χ0v) is 9.26. The zero-order valence-electron chi connectivity index (χ0n) is 9.26. The Balaban J connectivity index is 1.91. The summed E-state index contributed by atoms with van der Waals surface area (Å²) in [6.07, 6.45) is 3.22. The highest BCUT2D eigenvalue weighted by molar-refractivity contribution is 5.37. The van der Waals surface area contributed by atoms with Gasteiger partial charge in [-0.15, -0.1) is 0 Å². The third-order valence-electron chi connectivity index (χ3n) is 3.80. The maximum atomic E-state index is 13.5. The van der Waals surface area contributed by atoms with Crippen LogP contribution in [0.15, 0.2) is 18.2 Å². The lowest BCUT2D eigenvalue weighted by atomic mass is 9.73. The van der Waals surface area contributed by atoms with Gasteiger partial charge in [-0.2, -0.15) is 0 Å². The third kappa shape index (κ3) is 1.59. The summed E-state index contributed by atoms with van der Waals surface area (Å²) in [5.41, 5.74) is 1.28. The molecule has 0 aliphatic carbocycles. The van der Waals surface area contributed by atoms with Gasteiger partial charge in [0.05, 0.1) is 6.61 Å². The molecule has 0 bridgehead atoms. The van der Waals surface area contributed by atoms with E-state index in [1.165, 1.54) is 6.07 Å². The van der Waals surface area contributed by atoms with E-state index >= 15 is 0 Å². The van der Waals surface area contributed by atoms with Gasteiger partial charge >= 0.3 is 0 Å². The van der Waals surface area contributed by atoms with E-state index < -0.39 is 0 Å².